The Labute approximate surface area is 130 Å². The summed E-state index contributed by atoms with van der Waals surface area (Å²) in [5, 5.41) is 4.87. The topological polar surface area (TPSA) is 55.1 Å². The Balaban J connectivity index is 1.97. The SMILES string of the molecule is NCC#Cc1ccc(C(=O)NCc2sccc2Br)cc1. The zero-order chi connectivity index (χ0) is 14.4. The van der Waals surface area contributed by atoms with Crippen LogP contribution in [0.2, 0.25) is 0 Å². The van der Waals surface area contributed by atoms with Crippen molar-refractivity contribution in [1.29, 1.82) is 0 Å². The number of nitrogens with two attached hydrogens (primary N) is 1. The fourth-order valence-electron chi connectivity index (χ4n) is 1.57. The highest BCUT2D eigenvalue weighted by atomic mass is 79.9. The molecule has 3 nitrogen and oxygen atoms in total. The van der Waals surface area contributed by atoms with Gasteiger partial charge in [-0.15, -0.1) is 11.3 Å². The van der Waals surface area contributed by atoms with Gasteiger partial charge in [0.1, 0.15) is 0 Å². The van der Waals surface area contributed by atoms with E-state index in [0.717, 1.165) is 14.9 Å². The molecule has 1 heterocycles. The molecule has 2 aromatic rings. The van der Waals surface area contributed by atoms with Crippen molar-refractivity contribution in [2.75, 3.05) is 6.54 Å². The standard InChI is InChI=1S/C15H13BrN2OS/c16-13-7-9-20-14(13)10-18-15(19)12-5-3-11(4-6-12)2-1-8-17/h3-7,9H,8,10,17H2,(H,18,19). The van der Waals surface area contributed by atoms with Crippen molar-refractivity contribution >= 4 is 33.2 Å². The van der Waals surface area contributed by atoms with Crippen molar-refractivity contribution in [3.63, 3.8) is 0 Å². The Bertz CT molecular complexity index is 653. The molecule has 0 saturated heterocycles. The molecule has 0 radical (unpaired) electrons. The second-order valence-electron chi connectivity index (χ2n) is 3.96. The highest BCUT2D eigenvalue weighted by molar-refractivity contribution is 9.10. The van der Waals surface area contributed by atoms with Gasteiger partial charge in [-0.2, -0.15) is 0 Å². The van der Waals surface area contributed by atoms with Crippen LogP contribution in [0.1, 0.15) is 20.8 Å². The Morgan fingerprint density at radius 2 is 2.05 bits per heavy atom. The number of nitrogens with one attached hydrogen (secondary N) is 1. The van der Waals surface area contributed by atoms with Gasteiger partial charge in [-0.3, -0.25) is 4.79 Å². The van der Waals surface area contributed by atoms with Crippen LogP contribution < -0.4 is 11.1 Å². The molecule has 1 amide bonds. The summed E-state index contributed by atoms with van der Waals surface area (Å²) in [4.78, 5) is 13.1. The van der Waals surface area contributed by atoms with Gasteiger partial charge in [0.05, 0.1) is 13.1 Å². The third-order valence-electron chi connectivity index (χ3n) is 2.58. The van der Waals surface area contributed by atoms with Gasteiger partial charge >= 0.3 is 0 Å². The molecule has 20 heavy (non-hydrogen) atoms. The van der Waals surface area contributed by atoms with Crippen LogP contribution in [0.4, 0.5) is 0 Å². The van der Waals surface area contributed by atoms with Crippen molar-refractivity contribution in [2.24, 2.45) is 5.73 Å². The Kier molecular flexibility index (Phi) is 5.36. The van der Waals surface area contributed by atoms with E-state index >= 15 is 0 Å². The molecule has 1 aromatic heterocycles. The van der Waals surface area contributed by atoms with E-state index in [0.29, 0.717) is 18.7 Å². The van der Waals surface area contributed by atoms with Crippen LogP contribution in [0.15, 0.2) is 40.2 Å². The first-order chi connectivity index (χ1) is 9.70. The largest absolute Gasteiger partial charge is 0.347 e. The van der Waals surface area contributed by atoms with E-state index in [-0.39, 0.29) is 5.91 Å². The van der Waals surface area contributed by atoms with Gasteiger partial charge in [0, 0.05) is 20.5 Å². The maximum absolute atomic E-state index is 12.0. The summed E-state index contributed by atoms with van der Waals surface area (Å²) in [7, 11) is 0. The molecule has 0 aliphatic rings. The van der Waals surface area contributed by atoms with E-state index in [1.165, 1.54) is 0 Å². The zero-order valence-corrected chi connectivity index (χ0v) is 13.1. The lowest BCUT2D eigenvalue weighted by atomic mass is 10.1. The van der Waals surface area contributed by atoms with Crippen LogP contribution in [0.25, 0.3) is 0 Å². The first kappa shape index (κ1) is 14.8. The van der Waals surface area contributed by atoms with Crippen molar-refractivity contribution in [1.82, 2.24) is 5.32 Å². The molecular weight excluding hydrogens is 336 g/mol. The summed E-state index contributed by atoms with van der Waals surface area (Å²) in [5.74, 6) is 5.60. The quantitative estimate of drug-likeness (QED) is 0.838. The van der Waals surface area contributed by atoms with Crippen molar-refractivity contribution in [3.8, 4) is 11.8 Å². The van der Waals surface area contributed by atoms with E-state index in [1.54, 1.807) is 23.5 Å². The average molecular weight is 349 g/mol. The molecule has 0 aliphatic carbocycles. The number of rotatable bonds is 3. The van der Waals surface area contributed by atoms with Gasteiger partial charge in [0.2, 0.25) is 0 Å². The summed E-state index contributed by atoms with van der Waals surface area (Å²) >= 11 is 5.05. The third-order valence-corrected chi connectivity index (χ3v) is 4.51. The zero-order valence-electron chi connectivity index (χ0n) is 10.7. The fourth-order valence-corrected chi connectivity index (χ4v) is 3.00. The molecule has 0 fully saturated rings. The monoisotopic (exact) mass is 348 g/mol. The van der Waals surface area contributed by atoms with E-state index < -0.39 is 0 Å². The van der Waals surface area contributed by atoms with Gasteiger partial charge in [-0.25, -0.2) is 0 Å². The minimum Gasteiger partial charge on any atom is -0.347 e. The normalized spacial score (nSPS) is 9.70. The Morgan fingerprint density at radius 3 is 2.65 bits per heavy atom. The maximum atomic E-state index is 12.0. The lowest BCUT2D eigenvalue weighted by Gasteiger charge is -2.04. The van der Waals surface area contributed by atoms with Gasteiger partial charge in [-0.05, 0) is 51.6 Å². The van der Waals surface area contributed by atoms with E-state index in [4.69, 9.17) is 5.73 Å². The summed E-state index contributed by atoms with van der Waals surface area (Å²) < 4.78 is 1.02. The molecule has 3 N–H and O–H groups in total. The molecule has 2 rings (SSSR count). The van der Waals surface area contributed by atoms with Crippen LogP contribution in [0, 0.1) is 11.8 Å². The molecule has 0 atom stereocenters. The molecule has 102 valence electrons. The fraction of sp³-hybridized carbons (Fsp3) is 0.133. The molecule has 1 aromatic carbocycles. The van der Waals surface area contributed by atoms with Crippen molar-refractivity contribution < 1.29 is 4.79 Å². The molecule has 0 bridgehead atoms. The van der Waals surface area contributed by atoms with E-state index in [1.807, 2.05) is 23.6 Å². The average Bonchev–Trinajstić information content (AvgIpc) is 2.88. The third kappa shape index (κ3) is 3.94. The minimum atomic E-state index is -0.0939. The molecular formula is C15H13BrN2OS. The van der Waals surface area contributed by atoms with Crippen molar-refractivity contribution in [3.05, 3.63) is 56.2 Å². The number of amides is 1. The van der Waals surface area contributed by atoms with Crippen LogP contribution in [0.3, 0.4) is 0 Å². The van der Waals surface area contributed by atoms with Crippen LogP contribution in [0.5, 0.6) is 0 Å². The van der Waals surface area contributed by atoms with Crippen LogP contribution >= 0.6 is 27.3 Å². The highest BCUT2D eigenvalue weighted by Crippen LogP contribution is 2.22. The summed E-state index contributed by atoms with van der Waals surface area (Å²) in [6, 6.07) is 9.13. The van der Waals surface area contributed by atoms with Gasteiger partial charge in [0.15, 0.2) is 0 Å². The molecule has 0 unspecified atom stereocenters. The second kappa shape index (κ2) is 7.25. The van der Waals surface area contributed by atoms with Gasteiger partial charge in [0.25, 0.3) is 5.91 Å². The Morgan fingerprint density at radius 1 is 1.30 bits per heavy atom. The van der Waals surface area contributed by atoms with E-state index in [2.05, 4.69) is 33.1 Å². The number of benzene rings is 1. The first-order valence-corrected chi connectivity index (χ1v) is 7.67. The smallest absolute Gasteiger partial charge is 0.251 e. The van der Waals surface area contributed by atoms with Gasteiger partial charge in [-0.1, -0.05) is 11.8 Å². The number of hydrogen-bond donors (Lipinski definition) is 2. The second-order valence-corrected chi connectivity index (χ2v) is 5.81. The summed E-state index contributed by atoms with van der Waals surface area (Å²) in [5.41, 5.74) is 6.79. The number of thiophene rings is 1. The number of halogens is 1. The first-order valence-electron chi connectivity index (χ1n) is 6.00. The maximum Gasteiger partial charge on any atom is 0.251 e. The highest BCUT2D eigenvalue weighted by Gasteiger charge is 2.07. The molecule has 5 heteroatoms. The summed E-state index contributed by atoms with van der Waals surface area (Å²) in [6.07, 6.45) is 0. The molecule has 0 aliphatic heterocycles. The van der Waals surface area contributed by atoms with Crippen molar-refractivity contribution in [2.45, 2.75) is 6.54 Å². The predicted octanol–water partition coefficient (Wildman–Crippen LogP) is 2.75. The molecule has 0 saturated carbocycles. The number of hydrogen-bond acceptors (Lipinski definition) is 3. The van der Waals surface area contributed by atoms with Crippen LogP contribution in [-0.4, -0.2) is 12.5 Å². The number of carbonyl (C=O) groups excluding carboxylic acids is 1. The molecule has 0 spiro atoms. The lowest BCUT2D eigenvalue weighted by molar-refractivity contribution is 0.0951. The number of carbonyl (C=O) groups is 1. The van der Waals surface area contributed by atoms with Crippen LogP contribution in [-0.2, 0) is 6.54 Å². The minimum absolute atomic E-state index is 0.0939. The lowest BCUT2D eigenvalue weighted by Crippen LogP contribution is -2.22. The van der Waals surface area contributed by atoms with Gasteiger partial charge < -0.3 is 11.1 Å². The van der Waals surface area contributed by atoms with E-state index in [9.17, 15) is 4.79 Å². The Hall–Kier alpha value is -1.61. The predicted molar refractivity (Wildman–Crippen MR) is 85.6 cm³/mol. The summed E-state index contributed by atoms with van der Waals surface area (Å²) in [6.45, 7) is 0.851.